The number of hydrogen-bond acceptors (Lipinski definition) is 5. The van der Waals surface area contributed by atoms with E-state index in [0.29, 0.717) is 12.8 Å². The average Bonchev–Trinajstić information content (AvgIpc) is 3.13. The number of unbranched alkanes of at least 4 members (excludes halogenated alkanes) is 23. The molecule has 0 aliphatic heterocycles. The second kappa shape index (κ2) is 42.3. The van der Waals surface area contributed by atoms with E-state index in [1.54, 1.807) is 0 Å². The van der Waals surface area contributed by atoms with E-state index in [4.69, 9.17) is 9.47 Å². The molecule has 0 aromatic carbocycles. The first-order valence-electron chi connectivity index (χ1n) is 21.7. The maximum Gasteiger partial charge on any atom is 0.306 e. The smallest absolute Gasteiger partial charge is 0.306 e. The van der Waals surface area contributed by atoms with E-state index < -0.39 is 6.10 Å². The predicted octanol–water partition coefficient (Wildman–Crippen LogP) is 13.8. The van der Waals surface area contributed by atoms with Crippen LogP contribution < -0.4 is 0 Å². The zero-order valence-corrected chi connectivity index (χ0v) is 33.6. The molecule has 0 saturated carbocycles. The van der Waals surface area contributed by atoms with Crippen LogP contribution in [0.4, 0.5) is 0 Å². The van der Waals surface area contributed by atoms with Crippen LogP contribution in [0, 0.1) is 0 Å². The first-order chi connectivity index (χ1) is 25.1. The summed E-state index contributed by atoms with van der Waals surface area (Å²) < 4.78 is 10.6. The van der Waals surface area contributed by atoms with E-state index in [9.17, 15) is 14.7 Å². The third kappa shape index (κ3) is 40.5. The molecule has 0 rings (SSSR count). The lowest BCUT2D eigenvalue weighted by Crippen LogP contribution is -2.28. The lowest BCUT2D eigenvalue weighted by molar-refractivity contribution is -0.161. The maximum absolute atomic E-state index is 12.2. The Morgan fingerprint density at radius 2 is 0.784 bits per heavy atom. The highest BCUT2D eigenvalue weighted by atomic mass is 16.6. The zero-order chi connectivity index (χ0) is 37.1. The number of aliphatic hydroxyl groups excluding tert-OH is 1. The molecule has 0 amide bonds. The Kier molecular flexibility index (Phi) is 40.5. The molecule has 0 unspecified atom stereocenters. The van der Waals surface area contributed by atoms with E-state index >= 15 is 0 Å². The number of hydrogen-bond donors (Lipinski definition) is 1. The Labute approximate surface area is 316 Å². The van der Waals surface area contributed by atoms with Crippen LogP contribution in [0.15, 0.2) is 48.6 Å². The van der Waals surface area contributed by atoms with Crippen molar-refractivity contribution in [3.05, 3.63) is 48.6 Å². The average molecular weight is 715 g/mol. The number of carbonyl (C=O) groups excluding carboxylic acids is 2. The van der Waals surface area contributed by atoms with Crippen molar-refractivity contribution in [1.29, 1.82) is 0 Å². The van der Waals surface area contributed by atoms with Crippen LogP contribution in [0.5, 0.6) is 0 Å². The molecule has 0 aromatic rings. The van der Waals surface area contributed by atoms with Crippen molar-refractivity contribution in [3.8, 4) is 0 Å². The normalized spacial score (nSPS) is 12.6. The highest BCUT2D eigenvalue weighted by Crippen LogP contribution is 2.15. The van der Waals surface area contributed by atoms with Gasteiger partial charge in [0, 0.05) is 12.8 Å². The molecular formula is C46H82O5. The Bertz CT molecular complexity index is 858. The van der Waals surface area contributed by atoms with Gasteiger partial charge in [-0.05, 0) is 57.8 Å². The molecule has 1 atom stereocenters. The predicted molar refractivity (Wildman–Crippen MR) is 219 cm³/mol. The summed E-state index contributed by atoms with van der Waals surface area (Å²) in [5.41, 5.74) is 0. The highest BCUT2D eigenvalue weighted by molar-refractivity contribution is 5.70. The monoisotopic (exact) mass is 715 g/mol. The molecule has 0 fully saturated rings. The molecule has 0 spiro atoms. The molecule has 5 nitrogen and oxygen atoms in total. The van der Waals surface area contributed by atoms with Gasteiger partial charge in [0.1, 0.15) is 6.61 Å². The van der Waals surface area contributed by atoms with Gasteiger partial charge in [-0.25, -0.2) is 0 Å². The number of allylic oxidation sites excluding steroid dienone is 8. The molecule has 0 bridgehead atoms. The summed E-state index contributed by atoms with van der Waals surface area (Å²) in [6.45, 7) is 4.10. The molecule has 0 aromatic heterocycles. The van der Waals surface area contributed by atoms with Crippen LogP contribution in [-0.4, -0.2) is 36.4 Å². The molecule has 0 heterocycles. The second-order valence-electron chi connectivity index (χ2n) is 14.4. The van der Waals surface area contributed by atoms with E-state index in [1.807, 2.05) is 0 Å². The molecule has 0 aliphatic rings. The summed E-state index contributed by atoms with van der Waals surface area (Å²) in [6.07, 6.45) is 53.2. The number of carbonyl (C=O) groups is 2. The fourth-order valence-electron chi connectivity index (χ4n) is 6.07. The molecule has 296 valence electrons. The van der Waals surface area contributed by atoms with Crippen LogP contribution >= 0.6 is 0 Å². The molecule has 1 N–H and O–H groups in total. The number of rotatable bonds is 39. The van der Waals surface area contributed by atoms with Crippen molar-refractivity contribution < 1.29 is 24.2 Å². The Hall–Kier alpha value is -2.14. The number of aliphatic hydroxyl groups is 1. The molecule has 0 radical (unpaired) electrons. The third-order valence-corrected chi connectivity index (χ3v) is 9.38. The summed E-state index contributed by atoms with van der Waals surface area (Å²) in [5.74, 6) is -0.621. The third-order valence-electron chi connectivity index (χ3n) is 9.38. The topological polar surface area (TPSA) is 72.8 Å². The van der Waals surface area contributed by atoms with Crippen LogP contribution in [0.2, 0.25) is 0 Å². The molecule has 51 heavy (non-hydrogen) atoms. The zero-order valence-electron chi connectivity index (χ0n) is 33.6. The summed E-state index contributed by atoms with van der Waals surface area (Å²) in [6, 6.07) is 0. The van der Waals surface area contributed by atoms with Gasteiger partial charge in [-0.3, -0.25) is 9.59 Å². The Morgan fingerprint density at radius 3 is 1.22 bits per heavy atom. The SMILES string of the molecule is CCCCC/C=C/C/C=C/C/C=C/C/C=C/CCCCCC(=O)OC[C@H](CO)OC(=O)CCCCCCCCCCCCCCCCCCCC. The van der Waals surface area contributed by atoms with Crippen molar-refractivity contribution in [2.75, 3.05) is 13.2 Å². The van der Waals surface area contributed by atoms with Gasteiger partial charge >= 0.3 is 11.9 Å². The maximum atomic E-state index is 12.2. The van der Waals surface area contributed by atoms with Crippen molar-refractivity contribution in [3.63, 3.8) is 0 Å². The van der Waals surface area contributed by atoms with Gasteiger partial charge < -0.3 is 14.6 Å². The van der Waals surface area contributed by atoms with Crippen molar-refractivity contribution >= 4 is 11.9 Å². The van der Waals surface area contributed by atoms with Gasteiger partial charge in [0.2, 0.25) is 0 Å². The Balaban J connectivity index is 3.59. The van der Waals surface area contributed by atoms with Crippen LogP contribution in [-0.2, 0) is 19.1 Å². The van der Waals surface area contributed by atoms with Gasteiger partial charge in [-0.1, -0.05) is 191 Å². The second-order valence-corrected chi connectivity index (χ2v) is 14.4. The fraction of sp³-hybridized carbons (Fsp3) is 0.783. The van der Waals surface area contributed by atoms with E-state index in [0.717, 1.165) is 64.2 Å². The first-order valence-corrected chi connectivity index (χ1v) is 21.7. The van der Waals surface area contributed by atoms with Gasteiger partial charge in [-0.15, -0.1) is 0 Å². The lowest BCUT2D eigenvalue weighted by Gasteiger charge is -2.15. The lowest BCUT2D eigenvalue weighted by atomic mass is 10.0. The first kappa shape index (κ1) is 48.9. The van der Waals surface area contributed by atoms with Gasteiger partial charge in [0.15, 0.2) is 6.10 Å². The summed E-state index contributed by atoms with van der Waals surface area (Å²) in [5, 5.41) is 9.58. The summed E-state index contributed by atoms with van der Waals surface area (Å²) in [7, 11) is 0. The van der Waals surface area contributed by atoms with Crippen molar-refractivity contribution in [2.24, 2.45) is 0 Å². The van der Waals surface area contributed by atoms with Crippen LogP contribution in [0.25, 0.3) is 0 Å². The minimum atomic E-state index is -0.783. The number of ether oxygens (including phenoxy) is 2. The highest BCUT2D eigenvalue weighted by Gasteiger charge is 2.16. The van der Waals surface area contributed by atoms with Gasteiger partial charge in [0.05, 0.1) is 6.61 Å². The van der Waals surface area contributed by atoms with E-state index in [2.05, 4.69) is 62.5 Å². The van der Waals surface area contributed by atoms with Crippen molar-refractivity contribution in [1.82, 2.24) is 0 Å². The molecule has 0 saturated heterocycles. The standard InChI is InChI=1S/C46H82O5/c1-3-5-7-9-11-13-15-17-19-21-23-25-26-28-30-32-34-36-38-40-45(48)50-43-44(42-47)51-46(49)41-39-37-35-33-31-29-27-24-22-20-18-16-14-12-10-8-6-4-2/h11,13,17,19,23,25,28,30,44,47H,3-10,12,14-16,18,20-22,24,26-27,29,31-43H2,1-2H3/b13-11+,19-17+,25-23+,30-28+/t44-/m0/s1. The fourth-order valence-corrected chi connectivity index (χ4v) is 6.07. The Morgan fingerprint density at radius 1 is 0.451 bits per heavy atom. The van der Waals surface area contributed by atoms with Crippen molar-refractivity contribution in [2.45, 2.75) is 219 Å². The van der Waals surface area contributed by atoms with Crippen LogP contribution in [0.1, 0.15) is 213 Å². The molecular weight excluding hydrogens is 633 g/mol. The molecule has 5 heteroatoms. The van der Waals surface area contributed by atoms with Gasteiger partial charge in [0.25, 0.3) is 0 Å². The summed E-state index contributed by atoms with van der Waals surface area (Å²) in [4.78, 5) is 24.3. The van der Waals surface area contributed by atoms with E-state index in [1.165, 1.54) is 122 Å². The van der Waals surface area contributed by atoms with E-state index in [-0.39, 0.29) is 25.2 Å². The largest absolute Gasteiger partial charge is 0.462 e. The summed E-state index contributed by atoms with van der Waals surface area (Å²) >= 11 is 0. The molecule has 0 aliphatic carbocycles. The van der Waals surface area contributed by atoms with Gasteiger partial charge in [-0.2, -0.15) is 0 Å². The minimum Gasteiger partial charge on any atom is -0.462 e. The van der Waals surface area contributed by atoms with Crippen LogP contribution in [0.3, 0.4) is 0 Å². The quantitative estimate of drug-likeness (QED) is 0.0390. The number of esters is 2. The minimum absolute atomic E-state index is 0.0809.